The lowest BCUT2D eigenvalue weighted by atomic mass is 10.1. The molecule has 1 N–H and O–H groups in total. The van der Waals surface area contributed by atoms with Crippen molar-refractivity contribution >= 4 is 11.8 Å². The van der Waals surface area contributed by atoms with Crippen LogP contribution in [0.15, 0.2) is 12.1 Å². The number of carbonyl (C=O) groups excluding carboxylic acids is 1. The van der Waals surface area contributed by atoms with Crippen molar-refractivity contribution in [2.45, 2.75) is 31.9 Å². The molecule has 110 valence electrons. The average Bonchev–Trinajstić information content (AvgIpc) is 3.00. The van der Waals surface area contributed by atoms with Crippen LogP contribution >= 0.6 is 0 Å². The molecule has 1 aliphatic heterocycles. The minimum Gasteiger partial charge on any atom is -0.480 e. The number of nitrogens with one attached hydrogen (secondary N) is 1. The van der Waals surface area contributed by atoms with Gasteiger partial charge in [-0.1, -0.05) is 0 Å². The number of pyridine rings is 1. The lowest BCUT2D eigenvalue weighted by molar-refractivity contribution is 0.0596. The third-order valence-corrected chi connectivity index (χ3v) is 3.36. The zero-order chi connectivity index (χ0) is 14.5. The molecule has 6 nitrogen and oxygen atoms in total. The van der Waals surface area contributed by atoms with Crippen molar-refractivity contribution in [2.24, 2.45) is 0 Å². The SMILES string of the molecule is COC(=O)c1ccc(NC(C)C2CCCO2)nc1OC. The Bertz CT molecular complexity index is 472. The smallest absolute Gasteiger partial charge is 0.343 e. The quantitative estimate of drug-likeness (QED) is 0.830. The Balaban J connectivity index is 2.10. The van der Waals surface area contributed by atoms with E-state index < -0.39 is 5.97 Å². The third-order valence-electron chi connectivity index (χ3n) is 3.36. The summed E-state index contributed by atoms with van der Waals surface area (Å²) in [5.41, 5.74) is 0.310. The van der Waals surface area contributed by atoms with Crippen LogP contribution in [0.25, 0.3) is 0 Å². The molecule has 1 fully saturated rings. The average molecular weight is 280 g/mol. The van der Waals surface area contributed by atoms with Crippen LogP contribution in [-0.2, 0) is 9.47 Å². The van der Waals surface area contributed by atoms with E-state index in [1.54, 1.807) is 12.1 Å². The van der Waals surface area contributed by atoms with Gasteiger partial charge in [-0.3, -0.25) is 0 Å². The number of rotatable bonds is 5. The van der Waals surface area contributed by atoms with Gasteiger partial charge in [0.05, 0.1) is 26.4 Å². The molecule has 0 radical (unpaired) electrons. The van der Waals surface area contributed by atoms with Gasteiger partial charge in [0.25, 0.3) is 0 Å². The highest BCUT2D eigenvalue weighted by atomic mass is 16.5. The fourth-order valence-electron chi connectivity index (χ4n) is 2.26. The van der Waals surface area contributed by atoms with E-state index in [0.29, 0.717) is 11.4 Å². The number of nitrogens with zero attached hydrogens (tertiary/aromatic N) is 1. The van der Waals surface area contributed by atoms with Gasteiger partial charge in [-0.2, -0.15) is 4.98 Å². The highest BCUT2D eigenvalue weighted by molar-refractivity contribution is 5.92. The van der Waals surface area contributed by atoms with Crippen molar-refractivity contribution in [1.82, 2.24) is 4.98 Å². The third kappa shape index (κ3) is 3.19. The lowest BCUT2D eigenvalue weighted by Gasteiger charge is -2.21. The number of hydrogen-bond acceptors (Lipinski definition) is 6. The van der Waals surface area contributed by atoms with Crippen molar-refractivity contribution in [3.05, 3.63) is 17.7 Å². The van der Waals surface area contributed by atoms with Gasteiger partial charge in [0.15, 0.2) is 0 Å². The summed E-state index contributed by atoms with van der Waals surface area (Å²) in [5, 5.41) is 3.27. The Hall–Kier alpha value is -1.82. The van der Waals surface area contributed by atoms with E-state index in [9.17, 15) is 4.79 Å². The first kappa shape index (κ1) is 14.6. The first-order valence-corrected chi connectivity index (χ1v) is 6.67. The van der Waals surface area contributed by atoms with Crippen molar-refractivity contribution in [3.8, 4) is 5.88 Å². The molecule has 0 bridgehead atoms. The minimum absolute atomic E-state index is 0.152. The zero-order valence-electron chi connectivity index (χ0n) is 12.0. The fraction of sp³-hybridized carbons (Fsp3) is 0.571. The normalized spacial score (nSPS) is 19.4. The first-order valence-electron chi connectivity index (χ1n) is 6.67. The number of carbonyl (C=O) groups is 1. The number of esters is 1. The van der Waals surface area contributed by atoms with Crippen molar-refractivity contribution < 1.29 is 19.0 Å². The van der Waals surface area contributed by atoms with Crippen LogP contribution < -0.4 is 10.1 Å². The summed E-state index contributed by atoms with van der Waals surface area (Å²) < 4.78 is 15.4. The molecule has 2 rings (SSSR count). The van der Waals surface area contributed by atoms with Gasteiger partial charge in [0.1, 0.15) is 11.4 Å². The van der Waals surface area contributed by atoms with Crippen molar-refractivity contribution in [2.75, 3.05) is 26.1 Å². The van der Waals surface area contributed by atoms with E-state index in [-0.39, 0.29) is 18.0 Å². The summed E-state index contributed by atoms with van der Waals surface area (Å²) in [5.74, 6) is 0.437. The molecule has 2 heterocycles. The molecule has 6 heteroatoms. The second kappa shape index (κ2) is 6.56. The number of anilines is 1. The van der Waals surface area contributed by atoms with E-state index in [0.717, 1.165) is 19.4 Å². The molecule has 1 aromatic heterocycles. The largest absolute Gasteiger partial charge is 0.480 e. The van der Waals surface area contributed by atoms with Crippen molar-refractivity contribution in [1.29, 1.82) is 0 Å². The van der Waals surface area contributed by atoms with Crippen molar-refractivity contribution in [3.63, 3.8) is 0 Å². The van der Waals surface area contributed by atoms with Crippen LogP contribution in [0, 0.1) is 0 Å². The molecule has 0 aliphatic carbocycles. The highest BCUT2D eigenvalue weighted by Gasteiger charge is 2.23. The van der Waals surface area contributed by atoms with Crippen LogP contribution in [-0.4, -0.2) is 43.9 Å². The molecule has 0 amide bonds. The maximum absolute atomic E-state index is 11.6. The van der Waals surface area contributed by atoms with Gasteiger partial charge >= 0.3 is 5.97 Å². The summed E-state index contributed by atoms with van der Waals surface area (Å²) in [7, 11) is 2.80. The predicted octanol–water partition coefficient (Wildman–Crippen LogP) is 1.86. The summed E-state index contributed by atoms with van der Waals surface area (Å²) in [6.07, 6.45) is 2.34. The summed E-state index contributed by atoms with van der Waals surface area (Å²) in [6.45, 7) is 2.87. The van der Waals surface area contributed by atoms with Crippen LogP contribution in [0.3, 0.4) is 0 Å². The first-order chi connectivity index (χ1) is 9.65. The fourth-order valence-corrected chi connectivity index (χ4v) is 2.26. The Morgan fingerprint density at radius 3 is 2.90 bits per heavy atom. The van der Waals surface area contributed by atoms with Crippen LogP contribution in [0.4, 0.5) is 5.82 Å². The van der Waals surface area contributed by atoms with Gasteiger partial charge in [0, 0.05) is 6.61 Å². The summed E-state index contributed by atoms with van der Waals surface area (Å²) in [6, 6.07) is 3.53. The zero-order valence-corrected chi connectivity index (χ0v) is 12.0. The van der Waals surface area contributed by atoms with E-state index in [4.69, 9.17) is 9.47 Å². The maximum Gasteiger partial charge on any atom is 0.343 e. The van der Waals surface area contributed by atoms with Crippen LogP contribution in [0.1, 0.15) is 30.1 Å². The lowest BCUT2D eigenvalue weighted by Crippen LogP contribution is -2.30. The minimum atomic E-state index is -0.465. The molecular formula is C14H20N2O4. The number of hydrogen-bond donors (Lipinski definition) is 1. The van der Waals surface area contributed by atoms with E-state index in [2.05, 4.69) is 22.0 Å². The Morgan fingerprint density at radius 2 is 2.30 bits per heavy atom. The molecule has 0 aromatic carbocycles. The van der Waals surface area contributed by atoms with Gasteiger partial charge in [0.2, 0.25) is 5.88 Å². The molecule has 20 heavy (non-hydrogen) atoms. The standard InChI is InChI=1S/C14H20N2O4/c1-9(11-5-4-8-20-11)15-12-7-6-10(14(17)19-3)13(16-12)18-2/h6-7,9,11H,4-5,8H2,1-3H3,(H,15,16). The number of ether oxygens (including phenoxy) is 3. The monoisotopic (exact) mass is 280 g/mol. The summed E-state index contributed by atoms with van der Waals surface area (Å²) in [4.78, 5) is 15.8. The molecule has 0 spiro atoms. The second-order valence-electron chi connectivity index (χ2n) is 4.73. The molecule has 0 saturated carbocycles. The topological polar surface area (TPSA) is 69.7 Å². The van der Waals surface area contributed by atoms with Gasteiger partial charge < -0.3 is 19.5 Å². The molecular weight excluding hydrogens is 260 g/mol. The molecule has 1 aromatic rings. The highest BCUT2D eigenvalue weighted by Crippen LogP contribution is 2.22. The Labute approximate surface area is 118 Å². The van der Waals surface area contributed by atoms with Crippen LogP contribution in [0.2, 0.25) is 0 Å². The van der Waals surface area contributed by atoms with Gasteiger partial charge in [-0.05, 0) is 31.9 Å². The predicted molar refractivity (Wildman–Crippen MR) is 74.2 cm³/mol. The number of methoxy groups -OCH3 is 2. The molecule has 2 atom stereocenters. The van der Waals surface area contributed by atoms with E-state index in [1.807, 2.05) is 0 Å². The van der Waals surface area contributed by atoms with Gasteiger partial charge in [-0.15, -0.1) is 0 Å². The molecule has 2 unspecified atom stereocenters. The summed E-state index contributed by atoms with van der Waals surface area (Å²) >= 11 is 0. The molecule has 1 aliphatic rings. The Kier molecular flexibility index (Phi) is 4.79. The second-order valence-corrected chi connectivity index (χ2v) is 4.73. The van der Waals surface area contributed by atoms with E-state index >= 15 is 0 Å². The van der Waals surface area contributed by atoms with Gasteiger partial charge in [-0.25, -0.2) is 4.79 Å². The number of aromatic nitrogens is 1. The van der Waals surface area contributed by atoms with E-state index in [1.165, 1.54) is 14.2 Å². The van der Waals surface area contributed by atoms with Crippen LogP contribution in [0.5, 0.6) is 5.88 Å². The molecule has 1 saturated heterocycles. The Morgan fingerprint density at radius 1 is 1.50 bits per heavy atom. The maximum atomic E-state index is 11.6.